The maximum absolute atomic E-state index is 5.81. The van der Waals surface area contributed by atoms with Crippen molar-refractivity contribution in [1.82, 2.24) is 15.1 Å². The van der Waals surface area contributed by atoms with Crippen LogP contribution in [-0.4, -0.2) is 15.1 Å². The molecule has 0 saturated carbocycles. The highest BCUT2D eigenvalue weighted by atomic mass is 79.9. The van der Waals surface area contributed by atoms with Crippen LogP contribution in [0.1, 0.15) is 0 Å². The highest BCUT2D eigenvalue weighted by Gasteiger charge is 2.14. The largest absolute Gasteiger partial charge is 0.397 e. The van der Waals surface area contributed by atoms with Gasteiger partial charge >= 0.3 is 0 Å². The number of anilines is 1. The summed E-state index contributed by atoms with van der Waals surface area (Å²) in [6, 6.07) is 5.43. The van der Waals surface area contributed by atoms with Gasteiger partial charge in [0.1, 0.15) is 0 Å². The molecule has 2 N–H and O–H groups in total. The molecule has 3 aromatic heterocycles. The van der Waals surface area contributed by atoms with Gasteiger partial charge in [0.05, 0.1) is 10.6 Å². The van der Waals surface area contributed by atoms with E-state index < -0.39 is 0 Å². The Bertz CT molecular complexity index is 694. The van der Waals surface area contributed by atoms with E-state index in [-0.39, 0.29) is 0 Å². The monoisotopic (exact) mass is 322 g/mol. The molecule has 0 radical (unpaired) electrons. The third kappa shape index (κ3) is 2.02. The molecular weight excluding hydrogens is 316 g/mol. The van der Waals surface area contributed by atoms with Gasteiger partial charge in [0.2, 0.25) is 5.82 Å². The summed E-state index contributed by atoms with van der Waals surface area (Å²) in [5, 5.41) is 5.88. The summed E-state index contributed by atoms with van der Waals surface area (Å²) in [7, 11) is 0. The Hall–Kier alpha value is -1.73. The molecule has 3 aromatic rings. The molecule has 18 heavy (non-hydrogen) atoms. The normalized spacial score (nSPS) is 10.7. The van der Waals surface area contributed by atoms with Gasteiger partial charge in [-0.3, -0.25) is 0 Å². The second kappa shape index (κ2) is 4.51. The molecule has 5 nitrogen and oxygen atoms in total. The molecule has 0 atom stereocenters. The molecule has 0 aliphatic rings. The minimum absolute atomic E-state index is 0.327. The van der Waals surface area contributed by atoms with Crippen molar-refractivity contribution in [3.05, 3.63) is 34.2 Å². The zero-order valence-electron chi connectivity index (χ0n) is 9.00. The first-order valence-electron chi connectivity index (χ1n) is 5.03. The zero-order valence-corrected chi connectivity index (χ0v) is 11.4. The zero-order chi connectivity index (χ0) is 12.5. The molecule has 7 heteroatoms. The van der Waals surface area contributed by atoms with Gasteiger partial charge in [0, 0.05) is 16.0 Å². The molecule has 0 unspecified atom stereocenters. The number of hydrogen-bond acceptors (Lipinski definition) is 6. The first-order valence-corrected chi connectivity index (χ1v) is 6.70. The first kappa shape index (κ1) is 11.4. The van der Waals surface area contributed by atoms with E-state index in [1.165, 1.54) is 11.3 Å². The van der Waals surface area contributed by atoms with E-state index in [2.05, 4.69) is 31.1 Å². The van der Waals surface area contributed by atoms with Gasteiger partial charge in [-0.15, -0.1) is 11.3 Å². The van der Waals surface area contributed by atoms with E-state index in [4.69, 9.17) is 10.3 Å². The molecule has 0 aliphatic heterocycles. The summed E-state index contributed by atoms with van der Waals surface area (Å²) >= 11 is 4.92. The lowest BCUT2D eigenvalue weighted by atomic mass is 10.3. The van der Waals surface area contributed by atoms with Crippen LogP contribution in [0.15, 0.2) is 38.8 Å². The third-order valence-corrected chi connectivity index (χ3v) is 3.94. The Labute approximate surface area is 115 Å². The molecule has 0 saturated heterocycles. The van der Waals surface area contributed by atoms with Gasteiger partial charge in [0.25, 0.3) is 5.89 Å². The standard InChI is InChI=1S/C11H7BrN4OS/c12-6-4-8(18-5-6)10-15-11(17-16-10)9-7(13)2-1-3-14-9/h1-5H,13H2. The topological polar surface area (TPSA) is 77.8 Å². The number of aromatic nitrogens is 3. The summed E-state index contributed by atoms with van der Waals surface area (Å²) in [5.41, 5.74) is 6.83. The first-order chi connectivity index (χ1) is 8.74. The number of rotatable bonds is 2. The lowest BCUT2D eigenvalue weighted by Gasteiger charge is -1.96. The minimum Gasteiger partial charge on any atom is -0.397 e. The molecule has 0 aliphatic carbocycles. The van der Waals surface area contributed by atoms with Crippen molar-refractivity contribution < 1.29 is 4.52 Å². The minimum atomic E-state index is 0.327. The lowest BCUT2D eigenvalue weighted by molar-refractivity contribution is 0.431. The van der Waals surface area contributed by atoms with Crippen LogP contribution in [0.3, 0.4) is 0 Å². The van der Waals surface area contributed by atoms with Crippen LogP contribution >= 0.6 is 27.3 Å². The lowest BCUT2D eigenvalue weighted by Crippen LogP contribution is -1.92. The van der Waals surface area contributed by atoms with Crippen LogP contribution in [0, 0.1) is 0 Å². The maximum atomic E-state index is 5.81. The van der Waals surface area contributed by atoms with Crippen LogP contribution < -0.4 is 5.73 Å². The summed E-state index contributed by atoms with van der Waals surface area (Å²) in [6.45, 7) is 0. The number of halogens is 1. The van der Waals surface area contributed by atoms with Gasteiger partial charge in [0.15, 0.2) is 5.69 Å². The van der Waals surface area contributed by atoms with E-state index in [0.717, 1.165) is 9.35 Å². The highest BCUT2D eigenvalue weighted by molar-refractivity contribution is 9.10. The van der Waals surface area contributed by atoms with Crippen molar-refractivity contribution in [2.45, 2.75) is 0 Å². The van der Waals surface area contributed by atoms with Crippen molar-refractivity contribution in [2.75, 3.05) is 5.73 Å². The summed E-state index contributed by atoms with van der Waals surface area (Å²) in [5.74, 6) is 0.860. The second-order valence-corrected chi connectivity index (χ2v) is 5.32. The van der Waals surface area contributed by atoms with E-state index in [9.17, 15) is 0 Å². The SMILES string of the molecule is Nc1cccnc1-c1nc(-c2cc(Br)cs2)no1. The van der Waals surface area contributed by atoms with Gasteiger partial charge in [-0.05, 0) is 34.1 Å². The molecule has 3 heterocycles. The van der Waals surface area contributed by atoms with Crippen molar-refractivity contribution >= 4 is 33.0 Å². The predicted octanol–water partition coefficient (Wildman–Crippen LogP) is 3.20. The van der Waals surface area contributed by atoms with E-state index in [0.29, 0.717) is 23.1 Å². The predicted molar refractivity (Wildman–Crippen MR) is 73.0 cm³/mol. The van der Waals surface area contributed by atoms with Crippen LogP contribution in [-0.2, 0) is 0 Å². The summed E-state index contributed by atoms with van der Waals surface area (Å²) in [4.78, 5) is 9.35. The van der Waals surface area contributed by atoms with Gasteiger partial charge in [-0.2, -0.15) is 4.98 Å². The fourth-order valence-corrected chi connectivity index (χ4v) is 2.80. The Morgan fingerprint density at radius 2 is 2.28 bits per heavy atom. The Morgan fingerprint density at radius 3 is 3.00 bits per heavy atom. The summed E-state index contributed by atoms with van der Waals surface area (Å²) in [6.07, 6.45) is 1.64. The van der Waals surface area contributed by atoms with Crippen molar-refractivity contribution in [1.29, 1.82) is 0 Å². The number of pyridine rings is 1. The van der Waals surface area contributed by atoms with Crippen LogP contribution in [0.25, 0.3) is 22.3 Å². The Kier molecular flexibility index (Phi) is 2.85. The van der Waals surface area contributed by atoms with E-state index >= 15 is 0 Å². The Morgan fingerprint density at radius 1 is 1.39 bits per heavy atom. The van der Waals surface area contributed by atoms with Crippen molar-refractivity contribution in [2.24, 2.45) is 0 Å². The van der Waals surface area contributed by atoms with Crippen LogP contribution in [0.4, 0.5) is 5.69 Å². The fraction of sp³-hybridized carbons (Fsp3) is 0. The molecule has 0 amide bonds. The summed E-state index contributed by atoms with van der Waals surface area (Å²) < 4.78 is 6.17. The molecule has 0 bridgehead atoms. The smallest absolute Gasteiger partial charge is 0.279 e. The average molecular weight is 323 g/mol. The highest BCUT2D eigenvalue weighted by Crippen LogP contribution is 2.30. The number of thiophene rings is 1. The molecule has 0 spiro atoms. The number of nitrogens with two attached hydrogens (primary N) is 1. The molecule has 90 valence electrons. The van der Waals surface area contributed by atoms with Crippen molar-refractivity contribution in [3.63, 3.8) is 0 Å². The number of nitrogen functional groups attached to an aromatic ring is 1. The van der Waals surface area contributed by atoms with Crippen LogP contribution in [0.5, 0.6) is 0 Å². The van der Waals surface area contributed by atoms with E-state index in [1.54, 1.807) is 18.3 Å². The van der Waals surface area contributed by atoms with Crippen LogP contribution in [0.2, 0.25) is 0 Å². The van der Waals surface area contributed by atoms with E-state index in [1.807, 2.05) is 11.4 Å². The Balaban J connectivity index is 2.02. The third-order valence-electron chi connectivity index (χ3n) is 2.26. The molecule has 0 fully saturated rings. The average Bonchev–Trinajstić information content (AvgIpc) is 2.98. The van der Waals surface area contributed by atoms with Gasteiger partial charge in [-0.25, -0.2) is 4.98 Å². The van der Waals surface area contributed by atoms with Gasteiger partial charge < -0.3 is 10.3 Å². The number of hydrogen-bond donors (Lipinski definition) is 1. The van der Waals surface area contributed by atoms with Gasteiger partial charge in [-0.1, -0.05) is 5.16 Å². The number of nitrogens with zero attached hydrogens (tertiary/aromatic N) is 3. The molecule has 3 rings (SSSR count). The maximum Gasteiger partial charge on any atom is 0.279 e. The molecular formula is C11H7BrN4OS. The fourth-order valence-electron chi connectivity index (χ4n) is 1.45. The quantitative estimate of drug-likeness (QED) is 0.783. The van der Waals surface area contributed by atoms with Crippen molar-refractivity contribution in [3.8, 4) is 22.3 Å². The molecule has 0 aromatic carbocycles. The second-order valence-electron chi connectivity index (χ2n) is 3.49.